The average Bonchev–Trinajstić information content (AvgIpc) is 2.86. The van der Waals surface area contributed by atoms with Crippen LogP contribution in [0.1, 0.15) is 19.3 Å². The Kier molecular flexibility index (Phi) is 8.30. The van der Waals surface area contributed by atoms with E-state index in [1.165, 1.54) is 44.6 Å². The largest absolute Gasteiger partial charge is 0.534 e. The van der Waals surface area contributed by atoms with Gasteiger partial charge >= 0.3 is 15.6 Å². The van der Waals surface area contributed by atoms with Gasteiger partial charge in [0.15, 0.2) is 17.2 Å². The van der Waals surface area contributed by atoms with Crippen molar-refractivity contribution in [3.63, 3.8) is 0 Å². The van der Waals surface area contributed by atoms with Gasteiger partial charge in [0.1, 0.15) is 18.1 Å². The van der Waals surface area contributed by atoms with Crippen LogP contribution in [0.15, 0.2) is 54.6 Å². The lowest BCUT2D eigenvalue weighted by atomic mass is 10.1. The third-order valence-corrected chi connectivity index (χ3v) is 6.70. The molecule has 3 aromatic rings. The van der Waals surface area contributed by atoms with Crippen molar-refractivity contribution in [2.24, 2.45) is 0 Å². The summed E-state index contributed by atoms with van der Waals surface area (Å²) >= 11 is 0. The highest BCUT2D eigenvalue weighted by Gasteiger charge is 2.49. The smallest absolute Gasteiger partial charge is 0.492 e. The van der Waals surface area contributed by atoms with Crippen LogP contribution in [0, 0.1) is 0 Å². The van der Waals surface area contributed by atoms with Gasteiger partial charge in [0.25, 0.3) is 0 Å². The van der Waals surface area contributed by atoms with Gasteiger partial charge in [-0.15, -0.1) is 0 Å². The van der Waals surface area contributed by atoms with Crippen LogP contribution in [0.5, 0.6) is 28.7 Å². The first-order valence-corrected chi connectivity index (χ1v) is 13.0. The molecule has 37 heavy (non-hydrogen) atoms. The van der Waals surface area contributed by atoms with E-state index in [1.807, 2.05) is 0 Å². The predicted molar refractivity (Wildman–Crippen MR) is 129 cm³/mol. The van der Waals surface area contributed by atoms with E-state index in [0.717, 1.165) is 25.7 Å². The van der Waals surface area contributed by atoms with Crippen molar-refractivity contribution in [3.05, 3.63) is 54.6 Å². The third-order valence-electron chi connectivity index (χ3n) is 5.74. The maximum absolute atomic E-state index is 13.0. The molecule has 0 bridgehead atoms. The van der Waals surface area contributed by atoms with E-state index in [9.17, 15) is 21.6 Å². The van der Waals surface area contributed by atoms with Gasteiger partial charge in [0, 0.05) is 11.9 Å². The van der Waals surface area contributed by atoms with Gasteiger partial charge in [-0.3, -0.25) is 4.90 Å². The number of likely N-dealkylation sites (tertiary alicyclic amines) is 1. The van der Waals surface area contributed by atoms with Gasteiger partial charge in [-0.05, 0) is 79.8 Å². The van der Waals surface area contributed by atoms with Gasteiger partial charge in [0.05, 0.1) is 7.11 Å². The third kappa shape index (κ3) is 6.76. The maximum Gasteiger partial charge on any atom is 0.534 e. The predicted octanol–water partition coefficient (Wildman–Crippen LogP) is 5.67. The zero-order valence-electron chi connectivity index (χ0n) is 20.0. The number of nitrogens with zero attached hydrogens (tertiary/aromatic N) is 1. The number of hydrogen-bond donors (Lipinski definition) is 0. The lowest BCUT2D eigenvalue weighted by Gasteiger charge is -2.26. The Hall–Kier alpha value is -3.22. The highest BCUT2D eigenvalue weighted by atomic mass is 32.2. The fraction of sp³-hybridized carbons (Fsp3) is 0.360. The lowest BCUT2D eigenvalue weighted by Crippen LogP contribution is -2.33. The minimum Gasteiger partial charge on any atom is -0.492 e. The van der Waals surface area contributed by atoms with Crippen LogP contribution in [0.2, 0.25) is 0 Å². The summed E-state index contributed by atoms with van der Waals surface area (Å²) in [5, 5.41) is 0.777. The molecule has 12 heteroatoms. The molecule has 1 heterocycles. The Balaban J connectivity index is 1.56. The first kappa shape index (κ1) is 26.8. The molecular weight excluding hydrogens is 515 g/mol. The summed E-state index contributed by atoms with van der Waals surface area (Å²) in [7, 11) is -4.61. The summed E-state index contributed by atoms with van der Waals surface area (Å²) in [6.45, 7) is 3.46. The normalized spacial score (nSPS) is 14.9. The molecule has 0 N–H and O–H groups in total. The van der Waals surface area contributed by atoms with E-state index in [4.69, 9.17) is 14.4 Å². The second kappa shape index (κ2) is 11.4. The Bertz CT molecular complexity index is 1310. The molecule has 1 aliphatic rings. The highest BCUT2D eigenvalue weighted by Crippen LogP contribution is 2.42. The molecule has 0 atom stereocenters. The fourth-order valence-electron chi connectivity index (χ4n) is 3.94. The summed E-state index contributed by atoms with van der Waals surface area (Å²) in [6, 6.07) is 13.4. The molecule has 4 rings (SSSR count). The topological polar surface area (TPSA) is 83.5 Å². The molecule has 1 fully saturated rings. The van der Waals surface area contributed by atoms with Crippen molar-refractivity contribution in [3.8, 4) is 28.7 Å². The minimum absolute atomic E-state index is 0.215. The van der Waals surface area contributed by atoms with Crippen molar-refractivity contribution in [1.29, 1.82) is 0 Å². The van der Waals surface area contributed by atoms with Crippen LogP contribution in [0.4, 0.5) is 13.2 Å². The van der Waals surface area contributed by atoms with Gasteiger partial charge in [-0.25, -0.2) is 0 Å². The average molecular weight is 542 g/mol. The van der Waals surface area contributed by atoms with E-state index in [0.29, 0.717) is 28.9 Å². The fourth-order valence-corrected chi connectivity index (χ4v) is 4.40. The van der Waals surface area contributed by atoms with Gasteiger partial charge in [-0.1, -0.05) is 12.5 Å². The standard InChI is InChI=1S/C25H26F3NO7S/c1-32-35-21-10-11-22-18(17-21)5-12-23(36-37(30,31)25(26,27)28)24(22)34-20-8-6-19(7-9-20)33-16-15-29-13-3-2-4-14-29/h5-12,17H,2-4,13-16H2,1H3. The number of hydrogen-bond acceptors (Lipinski definition) is 8. The Morgan fingerprint density at radius 1 is 0.892 bits per heavy atom. The zero-order chi connectivity index (χ0) is 26.5. The van der Waals surface area contributed by atoms with Crippen LogP contribution in [0.25, 0.3) is 10.8 Å². The van der Waals surface area contributed by atoms with Gasteiger partial charge in [-0.2, -0.15) is 26.5 Å². The molecule has 0 amide bonds. The van der Waals surface area contributed by atoms with Crippen LogP contribution >= 0.6 is 0 Å². The molecule has 1 aliphatic heterocycles. The quantitative estimate of drug-likeness (QED) is 0.141. The number of ether oxygens (including phenoxy) is 2. The summed E-state index contributed by atoms with van der Waals surface area (Å²) in [5.74, 6) is 0.325. The van der Waals surface area contributed by atoms with E-state index in [1.54, 1.807) is 30.3 Å². The van der Waals surface area contributed by atoms with E-state index < -0.39 is 21.4 Å². The molecule has 0 aliphatic carbocycles. The van der Waals surface area contributed by atoms with E-state index in [-0.39, 0.29) is 11.5 Å². The molecule has 8 nitrogen and oxygen atoms in total. The van der Waals surface area contributed by atoms with Crippen LogP contribution in [-0.2, 0) is 15.0 Å². The van der Waals surface area contributed by atoms with Crippen molar-refractivity contribution >= 4 is 20.9 Å². The first-order chi connectivity index (χ1) is 17.7. The van der Waals surface area contributed by atoms with Gasteiger partial charge < -0.3 is 18.5 Å². The molecule has 1 saturated heterocycles. The summed E-state index contributed by atoms with van der Waals surface area (Å²) in [6.07, 6.45) is 3.64. The minimum atomic E-state index is -5.93. The summed E-state index contributed by atoms with van der Waals surface area (Å²) in [5.41, 5.74) is -5.61. The summed E-state index contributed by atoms with van der Waals surface area (Å²) < 4.78 is 78.4. The number of halogens is 3. The van der Waals surface area contributed by atoms with Crippen LogP contribution in [-0.4, -0.2) is 52.2 Å². The van der Waals surface area contributed by atoms with Crippen LogP contribution in [0.3, 0.4) is 0 Å². The molecule has 0 saturated carbocycles. The Morgan fingerprint density at radius 3 is 2.24 bits per heavy atom. The number of piperidine rings is 1. The van der Waals surface area contributed by atoms with E-state index in [2.05, 4.69) is 14.0 Å². The molecule has 0 aromatic heterocycles. The Morgan fingerprint density at radius 2 is 1.57 bits per heavy atom. The number of alkyl halides is 3. The number of benzene rings is 3. The van der Waals surface area contributed by atoms with Crippen molar-refractivity contribution < 1.29 is 45.0 Å². The zero-order valence-corrected chi connectivity index (χ0v) is 20.8. The van der Waals surface area contributed by atoms with Crippen molar-refractivity contribution in [2.75, 3.05) is 33.4 Å². The second-order valence-electron chi connectivity index (χ2n) is 8.33. The van der Waals surface area contributed by atoms with E-state index >= 15 is 0 Å². The lowest BCUT2D eigenvalue weighted by molar-refractivity contribution is -0.178. The molecule has 3 aromatic carbocycles. The summed E-state index contributed by atoms with van der Waals surface area (Å²) in [4.78, 5) is 12.0. The van der Waals surface area contributed by atoms with Crippen molar-refractivity contribution in [2.45, 2.75) is 24.8 Å². The van der Waals surface area contributed by atoms with Crippen LogP contribution < -0.4 is 18.5 Å². The monoisotopic (exact) mass is 541 g/mol. The van der Waals surface area contributed by atoms with Crippen molar-refractivity contribution in [1.82, 2.24) is 4.90 Å². The highest BCUT2D eigenvalue weighted by molar-refractivity contribution is 7.88. The Labute approximate surface area is 212 Å². The molecule has 200 valence electrons. The molecule has 0 unspecified atom stereocenters. The molecular formula is C25H26F3NO7S. The first-order valence-electron chi connectivity index (χ1n) is 11.6. The molecule has 0 radical (unpaired) electrons. The number of fused-ring (bicyclic) bond motifs is 1. The SMILES string of the molecule is COOc1ccc2c(Oc3ccc(OCCN4CCCCC4)cc3)c(OS(=O)(=O)C(F)(F)F)ccc2c1. The second-order valence-corrected chi connectivity index (χ2v) is 9.87. The molecule has 0 spiro atoms. The maximum atomic E-state index is 13.0. The van der Waals surface area contributed by atoms with Gasteiger partial charge in [0.2, 0.25) is 0 Å². The number of rotatable bonds is 10.